The number of aromatic nitrogens is 1. The van der Waals surface area contributed by atoms with E-state index < -0.39 is 23.1 Å². The van der Waals surface area contributed by atoms with Gasteiger partial charge in [-0.05, 0) is 50.2 Å². The molecule has 2 aromatic rings. The fourth-order valence-corrected chi connectivity index (χ4v) is 4.33. The topological polar surface area (TPSA) is 95.0 Å². The molecule has 31 heavy (non-hydrogen) atoms. The first-order chi connectivity index (χ1) is 14.7. The van der Waals surface area contributed by atoms with Crippen molar-refractivity contribution in [1.29, 1.82) is 5.26 Å². The summed E-state index contributed by atoms with van der Waals surface area (Å²) in [5.41, 5.74) is 5.34. The minimum atomic E-state index is -0.967. The lowest BCUT2D eigenvalue weighted by Crippen LogP contribution is -2.39. The van der Waals surface area contributed by atoms with Crippen LogP contribution in [-0.2, 0) is 0 Å². The molecule has 2 fully saturated rings. The first-order valence-corrected chi connectivity index (χ1v) is 10.4. The summed E-state index contributed by atoms with van der Waals surface area (Å²) >= 11 is 0. The van der Waals surface area contributed by atoms with Crippen LogP contribution < -0.4 is 16.0 Å². The number of carbonyl (C=O) groups excluding carboxylic acids is 1. The number of carbonyl (C=O) groups is 1. The third-order valence-corrected chi connectivity index (χ3v) is 6.27. The number of anilines is 2. The van der Waals surface area contributed by atoms with Gasteiger partial charge in [-0.3, -0.25) is 9.78 Å². The number of hydrogen-bond donors (Lipinski definition) is 2. The lowest BCUT2D eigenvalue weighted by Gasteiger charge is -2.27. The van der Waals surface area contributed by atoms with Gasteiger partial charge in [0.1, 0.15) is 17.3 Å². The van der Waals surface area contributed by atoms with Crippen LogP contribution in [-0.4, -0.2) is 29.5 Å². The molecule has 1 saturated carbocycles. The normalized spacial score (nSPS) is 21.6. The molecule has 0 spiro atoms. The molecule has 0 radical (unpaired) electrons. The van der Waals surface area contributed by atoms with Gasteiger partial charge in [0.15, 0.2) is 11.6 Å². The highest BCUT2D eigenvalue weighted by molar-refractivity contribution is 6.05. The van der Waals surface area contributed by atoms with Crippen LogP contribution in [0, 0.1) is 28.9 Å². The standard InChI is InChI=1S/C23H25F2N5O/c1-13(14-5-6-14)17-19(25)21(30-9-7-23(2,27)12-30)18(24)16(10-26)20(17)29-22(31)15-4-3-8-28-11-15/h3-4,8,11,13-14H,5-7,9,12,27H2,1-2H3,(H,29,31)/t13-,23-/m0/s1. The van der Waals surface area contributed by atoms with E-state index in [1.807, 2.05) is 19.9 Å². The number of nitrogens with one attached hydrogen (secondary N) is 1. The Bertz CT molecular complexity index is 1060. The Morgan fingerprint density at radius 3 is 2.71 bits per heavy atom. The fraction of sp³-hybridized carbons (Fsp3) is 0.435. The summed E-state index contributed by atoms with van der Waals surface area (Å²) in [7, 11) is 0. The zero-order valence-electron chi connectivity index (χ0n) is 17.6. The predicted octanol–water partition coefficient (Wildman–Crippen LogP) is 3.92. The third-order valence-electron chi connectivity index (χ3n) is 6.27. The van der Waals surface area contributed by atoms with Crippen LogP contribution >= 0.6 is 0 Å². The van der Waals surface area contributed by atoms with Crippen LogP contribution in [0.5, 0.6) is 0 Å². The highest BCUT2D eigenvalue weighted by Crippen LogP contribution is 2.48. The van der Waals surface area contributed by atoms with E-state index in [4.69, 9.17) is 5.73 Å². The fourth-order valence-electron chi connectivity index (χ4n) is 4.33. The van der Waals surface area contributed by atoms with E-state index in [1.54, 1.807) is 17.0 Å². The maximum Gasteiger partial charge on any atom is 0.257 e. The van der Waals surface area contributed by atoms with Gasteiger partial charge in [0.25, 0.3) is 5.91 Å². The number of nitrogens with zero attached hydrogens (tertiary/aromatic N) is 3. The van der Waals surface area contributed by atoms with Crippen molar-refractivity contribution in [2.75, 3.05) is 23.3 Å². The van der Waals surface area contributed by atoms with E-state index in [0.717, 1.165) is 12.8 Å². The summed E-state index contributed by atoms with van der Waals surface area (Å²) in [5, 5.41) is 12.4. The molecule has 1 amide bonds. The molecule has 4 rings (SSSR count). The SMILES string of the molecule is C[C@H](c1c(F)c(N2CC[C@](C)(N)C2)c(F)c(C#N)c1NC(=O)c1cccnc1)C1CC1. The van der Waals surface area contributed by atoms with Gasteiger partial charge in [-0.1, -0.05) is 6.92 Å². The van der Waals surface area contributed by atoms with Crippen molar-refractivity contribution in [1.82, 2.24) is 4.98 Å². The molecular weight excluding hydrogens is 400 g/mol. The van der Waals surface area contributed by atoms with Crippen molar-refractivity contribution in [2.45, 2.75) is 44.6 Å². The Balaban J connectivity index is 1.85. The van der Waals surface area contributed by atoms with E-state index >= 15 is 8.78 Å². The summed E-state index contributed by atoms with van der Waals surface area (Å²) in [5.74, 6) is -2.31. The van der Waals surface area contributed by atoms with Gasteiger partial charge in [-0.2, -0.15) is 5.26 Å². The highest BCUT2D eigenvalue weighted by Gasteiger charge is 2.39. The van der Waals surface area contributed by atoms with Crippen LogP contribution in [0.1, 0.15) is 60.5 Å². The molecule has 2 heterocycles. The number of nitriles is 1. The number of halogens is 2. The summed E-state index contributed by atoms with van der Waals surface area (Å²) < 4.78 is 31.4. The van der Waals surface area contributed by atoms with Crippen molar-refractivity contribution in [2.24, 2.45) is 11.7 Å². The Labute approximate surface area is 180 Å². The second-order valence-electron chi connectivity index (χ2n) is 8.90. The van der Waals surface area contributed by atoms with Gasteiger partial charge >= 0.3 is 0 Å². The minimum absolute atomic E-state index is 0.0933. The van der Waals surface area contributed by atoms with Gasteiger partial charge in [0.2, 0.25) is 0 Å². The van der Waals surface area contributed by atoms with E-state index in [0.29, 0.717) is 13.0 Å². The quantitative estimate of drug-likeness (QED) is 0.757. The molecule has 1 aliphatic heterocycles. The molecule has 1 aliphatic carbocycles. The van der Waals surface area contributed by atoms with Gasteiger partial charge in [0, 0.05) is 36.6 Å². The van der Waals surface area contributed by atoms with Crippen LogP contribution in [0.2, 0.25) is 0 Å². The number of hydrogen-bond acceptors (Lipinski definition) is 5. The van der Waals surface area contributed by atoms with Gasteiger partial charge in [-0.25, -0.2) is 8.78 Å². The minimum Gasteiger partial charge on any atom is -0.365 e. The molecule has 8 heteroatoms. The smallest absolute Gasteiger partial charge is 0.257 e. The first kappa shape index (κ1) is 21.2. The summed E-state index contributed by atoms with van der Waals surface area (Å²) in [6.07, 6.45) is 5.32. The number of nitrogens with two attached hydrogens (primary N) is 1. The average Bonchev–Trinajstić information content (AvgIpc) is 3.52. The Morgan fingerprint density at radius 2 is 2.16 bits per heavy atom. The van der Waals surface area contributed by atoms with Crippen molar-refractivity contribution in [3.8, 4) is 6.07 Å². The van der Waals surface area contributed by atoms with Gasteiger partial charge < -0.3 is 16.0 Å². The molecule has 1 saturated heterocycles. The second kappa shape index (κ2) is 7.89. The van der Waals surface area contributed by atoms with Crippen molar-refractivity contribution in [3.05, 3.63) is 52.9 Å². The zero-order chi connectivity index (χ0) is 22.3. The summed E-state index contributed by atoms with van der Waals surface area (Å²) in [6.45, 7) is 4.37. The summed E-state index contributed by atoms with van der Waals surface area (Å²) in [4.78, 5) is 18.2. The van der Waals surface area contributed by atoms with Crippen LogP contribution in [0.4, 0.5) is 20.2 Å². The lowest BCUT2D eigenvalue weighted by atomic mass is 9.90. The lowest BCUT2D eigenvalue weighted by molar-refractivity contribution is 0.102. The number of pyridine rings is 1. The molecule has 162 valence electrons. The van der Waals surface area contributed by atoms with Crippen molar-refractivity contribution in [3.63, 3.8) is 0 Å². The molecule has 6 nitrogen and oxygen atoms in total. The van der Waals surface area contributed by atoms with Crippen molar-refractivity contribution >= 4 is 17.3 Å². The Morgan fingerprint density at radius 1 is 1.42 bits per heavy atom. The molecule has 1 aromatic heterocycles. The van der Waals surface area contributed by atoms with Crippen LogP contribution in [0.15, 0.2) is 24.5 Å². The number of benzene rings is 1. The van der Waals surface area contributed by atoms with Gasteiger partial charge in [0.05, 0.1) is 11.3 Å². The molecule has 1 aromatic carbocycles. The Hall–Kier alpha value is -3.05. The molecule has 3 N–H and O–H groups in total. The van der Waals surface area contributed by atoms with E-state index in [9.17, 15) is 10.1 Å². The molecule has 2 aliphatic rings. The Kier molecular flexibility index (Phi) is 5.40. The van der Waals surface area contributed by atoms with E-state index in [2.05, 4.69) is 10.3 Å². The predicted molar refractivity (Wildman–Crippen MR) is 114 cm³/mol. The molecule has 0 unspecified atom stereocenters. The van der Waals surface area contributed by atoms with Crippen LogP contribution in [0.25, 0.3) is 0 Å². The largest absolute Gasteiger partial charge is 0.365 e. The molecule has 0 bridgehead atoms. The highest BCUT2D eigenvalue weighted by atomic mass is 19.1. The monoisotopic (exact) mass is 425 g/mol. The van der Waals surface area contributed by atoms with Crippen molar-refractivity contribution < 1.29 is 13.6 Å². The molecular formula is C23H25F2N5O. The summed E-state index contributed by atoms with van der Waals surface area (Å²) in [6, 6.07) is 5.00. The number of rotatable bonds is 5. The maximum atomic E-state index is 15.9. The first-order valence-electron chi connectivity index (χ1n) is 10.4. The second-order valence-corrected chi connectivity index (χ2v) is 8.90. The third kappa shape index (κ3) is 3.98. The number of amides is 1. The van der Waals surface area contributed by atoms with E-state index in [1.165, 1.54) is 12.4 Å². The van der Waals surface area contributed by atoms with E-state index in [-0.39, 0.29) is 46.4 Å². The molecule has 2 atom stereocenters. The van der Waals surface area contributed by atoms with Gasteiger partial charge in [-0.15, -0.1) is 0 Å². The zero-order valence-corrected chi connectivity index (χ0v) is 17.6. The van der Waals surface area contributed by atoms with Crippen LogP contribution in [0.3, 0.4) is 0 Å². The average molecular weight is 425 g/mol. The maximum absolute atomic E-state index is 15.9.